The van der Waals surface area contributed by atoms with Crippen LogP contribution in [0.5, 0.6) is 11.5 Å². The molecule has 9 heteroatoms. The zero-order valence-corrected chi connectivity index (χ0v) is 17.2. The van der Waals surface area contributed by atoms with Gasteiger partial charge in [-0.25, -0.2) is 4.98 Å². The molecule has 29 heavy (non-hydrogen) atoms. The topological polar surface area (TPSA) is 72.2 Å². The molecule has 5 rings (SSSR count). The van der Waals surface area contributed by atoms with Crippen LogP contribution in [0.25, 0.3) is 4.96 Å². The minimum atomic E-state index is -0.0950. The van der Waals surface area contributed by atoms with E-state index >= 15 is 0 Å². The van der Waals surface area contributed by atoms with Gasteiger partial charge in [0.2, 0.25) is 11.8 Å². The quantitative estimate of drug-likeness (QED) is 0.631. The fourth-order valence-electron chi connectivity index (χ4n) is 3.75. The zero-order valence-electron chi connectivity index (χ0n) is 16.3. The molecule has 0 unspecified atom stereocenters. The molecule has 8 nitrogen and oxygen atoms in total. The fraction of sp³-hybridized carbons (Fsp3) is 0.450. The van der Waals surface area contributed by atoms with E-state index < -0.39 is 0 Å². The van der Waals surface area contributed by atoms with Crippen LogP contribution in [0.4, 0.5) is 0 Å². The van der Waals surface area contributed by atoms with Gasteiger partial charge in [-0.1, -0.05) is 24.3 Å². The van der Waals surface area contributed by atoms with E-state index in [4.69, 9.17) is 9.47 Å². The van der Waals surface area contributed by atoms with Crippen molar-refractivity contribution in [3.63, 3.8) is 0 Å². The minimum absolute atomic E-state index is 0.0950. The molecule has 0 saturated carbocycles. The Balaban J connectivity index is 1.20. The largest absolute Gasteiger partial charge is 0.454 e. The summed E-state index contributed by atoms with van der Waals surface area (Å²) in [7, 11) is 0. The van der Waals surface area contributed by atoms with Gasteiger partial charge in [0.15, 0.2) is 11.5 Å². The SMILES string of the molecule is CCc1nn2c(=O)cc(CN3CCN(Cc4ccc5c(c4)OCO5)CC3)nc2s1. The molecule has 152 valence electrons. The molecular weight excluding hydrogens is 390 g/mol. The van der Waals surface area contributed by atoms with Gasteiger partial charge in [0.25, 0.3) is 5.56 Å². The Morgan fingerprint density at radius 1 is 1.03 bits per heavy atom. The minimum Gasteiger partial charge on any atom is -0.454 e. The molecule has 2 aliphatic heterocycles. The Morgan fingerprint density at radius 3 is 2.59 bits per heavy atom. The van der Waals surface area contributed by atoms with Crippen LogP contribution in [0.15, 0.2) is 29.1 Å². The Labute approximate surface area is 172 Å². The standard InChI is InChI=1S/C20H23N5O3S/c1-2-18-22-25-19(26)10-15(21-20(25)29-18)12-24-7-5-23(6-8-24)11-14-3-4-16-17(9-14)28-13-27-16/h3-4,9-10H,2,5-8,11-13H2,1H3. The van der Waals surface area contributed by atoms with Gasteiger partial charge in [-0.05, 0) is 24.1 Å². The normalized spacial score (nSPS) is 17.3. The van der Waals surface area contributed by atoms with Crippen LogP contribution in [0.1, 0.15) is 23.2 Å². The lowest BCUT2D eigenvalue weighted by molar-refractivity contribution is 0.121. The second kappa shape index (κ2) is 7.74. The predicted molar refractivity (Wildman–Crippen MR) is 110 cm³/mol. The molecule has 0 spiro atoms. The molecule has 0 radical (unpaired) electrons. The fourth-order valence-corrected chi connectivity index (χ4v) is 4.61. The Hall–Kier alpha value is -2.49. The molecule has 2 aromatic heterocycles. The van der Waals surface area contributed by atoms with E-state index in [-0.39, 0.29) is 5.56 Å². The maximum atomic E-state index is 12.3. The van der Waals surface area contributed by atoms with Gasteiger partial charge >= 0.3 is 0 Å². The highest BCUT2D eigenvalue weighted by Crippen LogP contribution is 2.32. The number of fused-ring (bicyclic) bond motifs is 2. The van der Waals surface area contributed by atoms with Crippen molar-refractivity contribution in [3.05, 3.63) is 50.9 Å². The number of aryl methyl sites for hydroxylation is 1. The summed E-state index contributed by atoms with van der Waals surface area (Å²) in [6.45, 7) is 7.81. The van der Waals surface area contributed by atoms with Crippen LogP contribution >= 0.6 is 11.3 Å². The second-order valence-electron chi connectivity index (χ2n) is 7.37. The smallest absolute Gasteiger partial charge is 0.275 e. The van der Waals surface area contributed by atoms with E-state index in [2.05, 4.69) is 32.0 Å². The first-order valence-corrected chi connectivity index (χ1v) is 10.7. The Kier molecular flexibility index (Phi) is 4.94. The molecule has 1 saturated heterocycles. The summed E-state index contributed by atoms with van der Waals surface area (Å²) in [6.07, 6.45) is 0.814. The van der Waals surface area contributed by atoms with Crippen molar-refractivity contribution in [2.45, 2.75) is 26.4 Å². The van der Waals surface area contributed by atoms with E-state index in [1.165, 1.54) is 21.4 Å². The van der Waals surface area contributed by atoms with E-state index in [0.717, 1.165) is 61.3 Å². The molecule has 1 aromatic carbocycles. The molecule has 0 bridgehead atoms. The summed E-state index contributed by atoms with van der Waals surface area (Å²) in [5, 5.41) is 5.25. The van der Waals surface area contributed by atoms with Gasteiger partial charge in [-0.15, -0.1) is 0 Å². The summed E-state index contributed by atoms with van der Waals surface area (Å²) in [5.41, 5.74) is 1.97. The highest BCUT2D eigenvalue weighted by Gasteiger charge is 2.20. The summed E-state index contributed by atoms with van der Waals surface area (Å²) < 4.78 is 12.3. The van der Waals surface area contributed by atoms with Crippen molar-refractivity contribution < 1.29 is 9.47 Å². The summed E-state index contributed by atoms with van der Waals surface area (Å²) in [5.74, 6) is 1.66. The van der Waals surface area contributed by atoms with Gasteiger partial charge in [-0.3, -0.25) is 14.6 Å². The third kappa shape index (κ3) is 3.85. The molecule has 3 aromatic rings. The maximum absolute atomic E-state index is 12.3. The van der Waals surface area contributed by atoms with E-state index in [1.807, 2.05) is 13.0 Å². The van der Waals surface area contributed by atoms with Crippen molar-refractivity contribution in [1.29, 1.82) is 0 Å². The van der Waals surface area contributed by atoms with Crippen LogP contribution in [0, 0.1) is 0 Å². The summed E-state index contributed by atoms with van der Waals surface area (Å²) in [6, 6.07) is 7.77. The van der Waals surface area contributed by atoms with Gasteiger partial charge < -0.3 is 9.47 Å². The third-order valence-electron chi connectivity index (χ3n) is 5.34. The van der Waals surface area contributed by atoms with Crippen molar-refractivity contribution >= 4 is 16.3 Å². The van der Waals surface area contributed by atoms with Crippen LogP contribution in [0.2, 0.25) is 0 Å². The first-order valence-electron chi connectivity index (χ1n) is 9.90. The van der Waals surface area contributed by atoms with Crippen molar-refractivity contribution in [2.75, 3.05) is 33.0 Å². The summed E-state index contributed by atoms with van der Waals surface area (Å²) >= 11 is 1.49. The van der Waals surface area contributed by atoms with E-state index in [1.54, 1.807) is 6.07 Å². The number of aromatic nitrogens is 3. The molecule has 4 heterocycles. The monoisotopic (exact) mass is 413 g/mol. The predicted octanol–water partition coefficient (Wildman–Crippen LogP) is 1.76. The molecule has 0 N–H and O–H groups in total. The number of hydrogen-bond acceptors (Lipinski definition) is 8. The van der Waals surface area contributed by atoms with E-state index in [9.17, 15) is 4.79 Å². The number of piperazine rings is 1. The van der Waals surface area contributed by atoms with Crippen molar-refractivity contribution in [3.8, 4) is 11.5 Å². The molecule has 1 fully saturated rings. The van der Waals surface area contributed by atoms with Crippen LogP contribution in [-0.4, -0.2) is 57.4 Å². The van der Waals surface area contributed by atoms with Crippen LogP contribution in [-0.2, 0) is 19.5 Å². The van der Waals surface area contributed by atoms with Gasteiger partial charge in [0.05, 0.1) is 5.69 Å². The average molecular weight is 414 g/mol. The second-order valence-corrected chi connectivity index (χ2v) is 8.41. The van der Waals surface area contributed by atoms with Crippen molar-refractivity contribution in [2.24, 2.45) is 0 Å². The zero-order chi connectivity index (χ0) is 19.8. The lowest BCUT2D eigenvalue weighted by Crippen LogP contribution is -2.45. The molecule has 0 aliphatic carbocycles. The first kappa shape index (κ1) is 18.5. The molecule has 0 amide bonds. The third-order valence-corrected chi connectivity index (χ3v) is 6.39. The number of hydrogen-bond donors (Lipinski definition) is 0. The molecule has 2 aliphatic rings. The van der Waals surface area contributed by atoms with Gasteiger partial charge in [-0.2, -0.15) is 9.61 Å². The Bertz CT molecular complexity index is 1090. The molecule has 0 atom stereocenters. The lowest BCUT2D eigenvalue weighted by atomic mass is 10.1. The number of rotatable bonds is 5. The van der Waals surface area contributed by atoms with Crippen molar-refractivity contribution in [1.82, 2.24) is 24.4 Å². The highest BCUT2D eigenvalue weighted by molar-refractivity contribution is 7.16. The van der Waals surface area contributed by atoms with E-state index in [0.29, 0.717) is 18.3 Å². The average Bonchev–Trinajstić information content (AvgIpc) is 3.36. The number of ether oxygens (including phenoxy) is 2. The lowest BCUT2D eigenvalue weighted by Gasteiger charge is -2.34. The number of nitrogens with zero attached hydrogens (tertiary/aromatic N) is 5. The Morgan fingerprint density at radius 2 is 1.79 bits per heavy atom. The maximum Gasteiger partial charge on any atom is 0.275 e. The highest BCUT2D eigenvalue weighted by atomic mass is 32.1. The van der Waals surface area contributed by atoms with Gasteiger partial charge in [0.1, 0.15) is 5.01 Å². The number of benzene rings is 1. The van der Waals surface area contributed by atoms with Crippen LogP contribution < -0.4 is 15.0 Å². The van der Waals surface area contributed by atoms with Gasteiger partial charge in [0, 0.05) is 45.3 Å². The van der Waals surface area contributed by atoms with Crippen LogP contribution in [0.3, 0.4) is 0 Å². The molecular formula is C20H23N5O3S. The summed E-state index contributed by atoms with van der Waals surface area (Å²) in [4.78, 5) is 22.5. The first-order chi connectivity index (χ1) is 14.2.